The normalized spacial score (nSPS) is 17.4. The Kier molecular flexibility index (Phi) is 5.29. The molecule has 10 heteroatoms. The van der Waals surface area contributed by atoms with Crippen LogP contribution in [-0.2, 0) is 20.2 Å². The van der Waals surface area contributed by atoms with Gasteiger partial charge in [-0.3, -0.25) is 14.0 Å². The highest BCUT2D eigenvalue weighted by Gasteiger charge is 2.34. The maximum absolute atomic E-state index is 10.9. The Bertz CT molecular complexity index is 378. The number of hydrogen-bond donors (Lipinski definition) is 3. The minimum atomic E-state index is -4.43. The van der Waals surface area contributed by atoms with Gasteiger partial charge in [0.1, 0.15) is 10.7 Å². The van der Waals surface area contributed by atoms with Crippen molar-refractivity contribution in [3.05, 3.63) is 0 Å². The van der Waals surface area contributed by atoms with Gasteiger partial charge in [-0.2, -0.15) is 16.8 Å². The monoisotopic (exact) mass is 276 g/mol. The maximum Gasteiger partial charge on any atom is 0.281 e. The zero-order valence-electron chi connectivity index (χ0n) is 8.94. The SMILES string of the molecule is CC(N(CCN)C(C)S(=O)(=O)O)S(=O)(=O)O. The van der Waals surface area contributed by atoms with E-state index >= 15 is 0 Å². The minimum Gasteiger partial charge on any atom is -0.329 e. The Balaban J connectivity index is 5.18. The fourth-order valence-electron chi connectivity index (χ4n) is 1.15. The molecule has 98 valence electrons. The van der Waals surface area contributed by atoms with Crippen molar-refractivity contribution in [2.45, 2.75) is 24.6 Å². The highest BCUT2D eigenvalue weighted by molar-refractivity contribution is 7.87. The molecule has 0 aliphatic carbocycles. The van der Waals surface area contributed by atoms with E-state index < -0.39 is 31.0 Å². The van der Waals surface area contributed by atoms with Crippen molar-refractivity contribution in [1.29, 1.82) is 0 Å². The molecule has 0 rings (SSSR count). The van der Waals surface area contributed by atoms with Crippen molar-refractivity contribution in [2.75, 3.05) is 13.1 Å². The second-order valence-electron chi connectivity index (χ2n) is 3.26. The van der Waals surface area contributed by atoms with Crippen LogP contribution in [0.4, 0.5) is 0 Å². The first-order valence-corrected chi connectivity index (χ1v) is 7.41. The highest BCUT2D eigenvalue weighted by atomic mass is 32.2. The van der Waals surface area contributed by atoms with E-state index in [0.29, 0.717) is 0 Å². The average Bonchev–Trinajstić information content (AvgIpc) is 2.09. The van der Waals surface area contributed by atoms with E-state index in [0.717, 1.165) is 18.7 Å². The van der Waals surface area contributed by atoms with Crippen LogP contribution < -0.4 is 5.73 Å². The summed E-state index contributed by atoms with van der Waals surface area (Å²) in [4.78, 5) is 0.880. The van der Waals surface area contributed by atoms with Gasteiger partial charge in [0.15, 0.2) is 0 Å². The summed E-state index contributed by atoms with van der Waals surface area (Å²) in [7, 11) is -8.87. The molecular formula is C6H16N2O6S2. The minimum absolute atomic E-state index is 0.0142. The number of hydrogen-bond acceptors (Lipinski definition) is 6. The van der Waals surface area contributed by atoms with Crippen LogP contribution in [0.1, 0.15) is 13.8 Å². The second kappa shape index (κ2) is 5.38. The molecule has 4 N–H and O–H groups in total. The van der Waals surface area contributed by atoms with Gasteiger partial charge < -0.3 is 5.73 Å². The zero-order chi connectivity index (χ0) is 13.1. The lowest BCUT2D eigenvalue weighted by Gasteiger charge is -2.30. The molecule has 0 aliphatic rings. The lowest BCUT2D eigenvalue weighted by molar-refractivity contribution is 0.230. The topological polar surface area (TPSA) is 138 Å². The molecule has 0 aromatic rings. The quantitative estimate of drug-likeness (QED) is 0.510. The van der Waals surface area contributed by atoms with Crippen molar-refractivity contribution in [3.63, 3.8) is 0 Å². The molecule has 0 aromatic carbocycles. The summed E-state index contributed by atoms with van der Waals surface area (Å²) in [6.07, 6.45) is 0. The van der Waals surface area contributed by atoms with Crippen LogP contribution in [0, 0.1) is 0 Å². The first-order valence-electron chi connectivity index (χ1n) is 4.40. The fourth-order valence-corrected chi connectivity index (χ4v) is 2.49. The molecule has 0 spiro atoms. The number of rotatable bonds is 6. The van der Waals surface area contributed by atoms with Gasteiger partial charge >= 0.3 is 0 Å². The summed E-state index contributed by atoms with van der Waals surface area (Å²) < 4.78 is 61.1. The summed E-state index contributed by atoms with van der Waals surface area (Å²) in [6.45, 7) is 2.10. The third-order valence-corrected chi connectivity index (χ3v) is 4.45. The number of nitrogens with zero attached hydrogens (tertiary/aromatic N) is 1. The van der Waals surface area contributed by atoms with Crippen LogP contribution in [0.15, 0.2) is 0 Å². The average molecular weight is 276 g/mol. The van der Waals surface area contributed by atoms with E-state index in [9.17, 15) is 16.8 Å². The molecule has 0 fully saturated rings. The largest absolute Gasteiger partial charge is 0.329 e. The molecule has 0 aliphatic heterocycles. The van der Waals surface area contributed by atoms with E-state index in [2.05, 4.69) is 0 Å². The summed E-state index contributed by atoms with van der Waals surface area (Å²) in [5, 5.41) is -2.93. The molecule has 16 heavy (non-hydrogen) atoms. The summed E-state index contributed by atoms with van der Waals surface area (Å²) in [6, 6.07) is 0. The molecule has 0 heterocycles. The predicted molar refractivity (Wildman–Crippen MR) is 57.8 cm³/mol. The molecule has 0 amide bonds. The number of nitrogens with two attached hydrogens (primary N) is 1. The maximum atomic E-state index is 10.9. The molecule has 2 unspecified atom stereocenters. The molecule has 0 radical (unpaired) electrons. The Hall–Kier alpha value is -0.260. The third kappa shape index (κ3) is 4.31. The predicted octanol–water partition coefficient (Wildman–Crippen LogP) is -1.29. The molecule has 2 atom stereocenters. The van der Waals surface area contributed by atoms with Crippen molar-refractivity contribution >= 4 is 20.2 Å². The molecule has 0 saturated heterocycles. The highest BCUT2D eigenvalue weighted by Crippen LogP contribution is 2.13. The Morgan fingerprint density at radius 2 is 1.38 bits per heavy atom. The van der Waals surface area contributed by atoms with E-state index in [1.54, 1.807) is 0 Å². The van der Waals surface area contributed by atoms with Gasteiger partial charge in [-0.25, -0.2) is 0 Å². The van der Waals surface area contributed by atoms with Gasteiger partial charge in [0.05, 0.1) is 0 Å². The van der Waals surface area contributed by atoms with Crippen molar-refractivity contribution in [3.8, 4) is 0 Å². The molecule has 0 bridgehead atoms. The zero-order valence-corrected chi connectivity index (χ0v) is 10.6. The summed E-state index contributed by atoms with van der Waals surface area (Å²) in [5.74, 6) is 0. The van der Waals surface area contributed by atoms with Crippen LogP contribution in [0.2, 0.25) is 0 Å². The Labute approximate surface area is 94.9 Å². The second-order valence-corrected chi connectivity index (χ2v) is 6.68. The van der Waals surface area contributed by atoms with E-state index in [1.807, 2.05) is 0 Å². The van der Waals surface area contributed by atoms with Crippen LogP contribution >= 0.6 is 0 Å². The van der Waals surface area contributed by atoms with Crippen LogP contribution in [0.3, 0.4) is 0 Å². The van der Waals surface area contributed by atoms with Gasteiger partial charge in [0.25, 0.3) is 20.2 Å². The van der Waals surface area contributed by atoms with Gasteiger partial charge in [-0.15, -0.1) is 0 Å². The van der Waals surface area contributed by atoms with Gasteiger partial charge in [0, 0.05) is 13.1 Å². The van der Waals surface area contributed by atoms with E-state index in [4.69, 9.17) is 14.8 Å². The van der Waals surface area contributed by atoms with Crippen molar-refractivity contribution in [2.24, 2.45) is 5.73 Å². The summed E-state index contributed by atoms with van der Waals surface area (Å²) >= 11 is 0. The van der Waals surface area contributed by atoms with Gasteiger partial charge in [-0.05, 0) is 13.8 Å². The Morgan fingerprint density at radius 3 is 1.56 bits per heavy atom. The first-order chi connectivity index (χ1) is 7.01. The first kappa shape index (κ1) is 15.7. The lowest BCUT2D eigenvalue weighted by Crippen LogP contribution is -2.49. The third-order valence-electron chi connectivity index (χ3n) is 2.18. The molecule has 8 nitrogen and oxygen atoms in total. The lowest BCUT2D eigenvalue weighted by atomic mass is 10.4. The van der Waals surface area contributed by atoms with Crippen LogP contribution in [0.5, 0.6) is 0 Å². The van der Waals surface area contributed by atoms with Crippen LogP contribution in [0.25, 0.3) is 0 Å². The van der Waals surface area contributed by atoms with Gasteiger partial charge in [0.2, 0.25) is 0 Å². The molecule has 0 aromatic heterocycles. The Morgan fingerprint density at radius 1 is 1.06 bits per heavy atom. The smallest absolute Gasteiger partial charge is 0.281 e. The van der Waals surface area contributed by atoms with Crippen molar-refractivity contribution < 1.29 is 25.9 Å². The molecule has 0 saturated carbocycles. The molecular weight excluding hydrogens is 260 g/mol. The van der Waals surface area contributed by atoms with Gasteiger partial charge in [-0.1, -0.05) is 0 Å². The van der Waals surface area contributed by atoms with Crippen molar-refractivity contribution in [1.82, 2.24) is 4.90 Å². The summed E-state index contributed by atoms with van der Waals surface area (Å²) in [5.41, 5.74) is 5.20. The van der Waals surface area contributed by atoms with Crippen LogP contribution in [-0.4, -0.2) is 54.7 Å². The van der Waals surface area contributed by atoms with E-state index in [-0.39, 0.29) is 13.1 Å². The van der Waals surface area contributed by atoms with E-state index in [1.165, 1.54) is 0 Å². The fraction of sp³-hybridized carbons (Fsp3) is 1.00. The standard InChI is InChI=1S/C6H16N2O6S2/c1-5(15(9,10)11)8(4-3-7)6(2)16(12,13)14/h5-6H,3-4,7H2,1-2H3,(H,9,10,11)(H,12,13,14).